The average Bonchev–Trinajstić information content (AvgIpc) is 2.82. The molecule has 5 heteroatoms. The molecule has 1 N–H and O–H groups in total. The van der Waals surface area contributed by atoms with Crippen molar-refractivity contribution in [3.63, 3.8) is 0 Å². The topological polar surface area (TPSA) is 38.3 Å². The summed E-state index contributed by atoms with van der Waals surface area (Å²) in [6.07, 6.45) is 0.664. The van der Waals surface area contributed by atoms with Crippen LogP contribution in [-0.4, -0.2) is 26.2 Å². The molecule has 0 saturated carbocycles. The summed E-state index contributed by atoms with van der Waals surface area (Å²) in [5, 5.41) is 3.15. The molecule has 17 heavy (non-hydrogen) atoms. The summed E-state index contributed by atoms with van der Waals surface area (Å²) < 4.78 is 18.5. The highest BCUT2D eigenvalue weighted by molar-refractivity contribution is 9.10. The van der Waals surface area contributed by atoms with E-state index in [1.54, 1.807) is 12.1 Å². The third-order valence-electron chi connectivity index (χ3n) is 3.20. The Morgan fingerprint density at radius 3 is 2.88 bits per heavy atom. The smallest absolute Gasteiger partial charge is 0.317 e. The van der Waals surface area contributed by atoms with E-state index < -0.39 is 5.41 Å². The lowest BCUT2D eigenvalue weighted by Gasteiger charge is -2.25. The third-order valence-corrected chi connectivity index (χ3v) is 3.81. The zero-order valence-electron chi connectivity index (χ0n) is 9.43. The zero-order valence-corrected chi connectivity index (χ0v) is 11.0. The molecule has 1 unspecified atom stereocenters. The number of ether oxygens (including phenoxy) is 1. The molecule has 0 bridgehead atoms. The largest absolute Gasteiger partial charge is 0.468 e. The fraction of sp³-hybridized carbons (Fsp3) is 0.417. The molecule has 1 saturated heterocycles. The number of hydrogen-bond acceptors (Lipinski definition) is 3. The van der Waals surface area contributed by atoms with Gasteiger partial charge < -0.3 is 10.1 Å². The van der Waals surface area contributed by atoms with Crippen molar-refractivity contribution in [2.75, 3.05) is 20.2 Å². The molecule has 1 aromatic carbocycles. The minimum absolute atomic E-state index is 0.277. The van der Waals surface area contributed by atoms with Gasteiger partial charge in [-0.3, -0.25) is 4.79 Å². The van der Waals surface area contributed by atoms with Crippen LogP contribution in [0, 0.1) is 5.82 Å². The quantitative estimate of drug-likeness (QED) is 0.849. The molecule has 0 spiro atoms. The predicted octanol–water partition coefficient (Wildman–Crippen LogP) is 1.99. The number of rotatable bonds is 2. The van der Waals surface area contributed by atoms with Crippen LogP contribution in [0.15, 0.2) is 22.7 Å². The van der Waals surface area contributed by atoms with Gasteiger partial charge in [0, 0.05) is 6.54 Å². The molecular weight excluding hydrogens is 289 g/mol. The lowest BCUT2D eigenvalue weighted by atomic mass is 9.80. The first-order valence-corrected chi connectivity index (χ1v) is 6.14. The van der Waals surface area contributed by atoms with Crippen LogP contribution >= 0.6 is 15.9 Å². The van der Waals surface area contributed by atoms with E-state index in [1.165, 1.54) is 13.2 Å². The van der Waals surface area contributed by atoms with E-state index in [0.717, 1.165) is 12.1 Å². The van der Waals surface area contributed by atoms with E-state index >= 15 is 0 Å². The van der Waals surface area contributed by atoms with Crippen molar-refractivity contribution in [2.24, 2.45) is 0 Å². The van der Waals surface area contributed by atoms with Crippen molar-refractivity contribution in [3.05, 3.63) is 34.1 Å². The maximum Gasteiger partial charge on any atom is 0.317 e. The van der Waals surface area contributed by atoms with Crippen molar-refractivity contribution in [1.29, 1.82) is 0 Å². The molecule has 1 heterocycles. The molecule has 1 aliphatic rings. The summed E-state index contributed by atoms with van der Waals surface area (Å²) in [6, 6.07) is 4.66. The monoisotopic (exact) mass is 301 g/mol. The van der Waals surface area contributed by atoms with Gasteiger partial charge in [0.2, 0.25) is 0 Å². The van der Waals surface area contributed by atoms with E-state index in [2.05, 4.69) is 21.2 Å². The second kappa shape index (κ2) is 4.74. The Bertz CT molecular complexity index is 444. The normalized spacial score (nSPS) is 23.7. The van der Waals surface area contributed by atoms with Gasteiger partial charge in [-0.25, -0.2) is 4.39 Å². The van der Waals surface area contributed by atoms with Crippen molar-refractivity contribution < 1.29 is 13.9 Å². The first-order valence-electron chi connectivity index (χ1n) is 5.35. The fourth-order valence-electron chi connectivity index (χ4n) is 2.22. The minimum Gasteiger partial charge on any atom is -0.468 e. The van der Waals surface area contributed by atoms with Crippen LogP contribution in [0.25, 0.3) is 0 Å². The van der Waals surface area contributed by atoms with E-state index in [0.29, 0.717) is 17.4 Å². The number of benzene rings is 1. The van der Waals surface area contributed by atoms with Gasteiger partial charge in [0.25, 0.3) is 0 Å². The van der Waals surface area contributed by atoms with Crippen LogP contribution in [0.2, 0.25) is 0 Å². The number of halogens is 2. The van der Waals surface area contributed by atoms with Crippen LogP contribution in [-0.2, 0) is 14.9 Å². The summed E-state index contributed by atoms with van der Waals surface area (Å²) in [5.74, 6) is -0.610. The van der Waals surface area contributed by atoms with Crippen LogP contribution < -0.4 is 5.32 Å². The Labute approximate surface area is 107 Å². The summed E-state index contributed by atoms with van der Waals surface area (Å²) in [5.41, 5.74) is 0.0907. The lowest BCUT2D eigenvalue weighted by Crippen LogP contribution is -2.39. The van der Waals surface area contributed by atoms with Crippen LogP contribution in [0.1, 0.15) is 12.0 Å². The van der Waals surface area contributed by atoms with Gasteiger partial charge in [-0.15, -0.1) is 0 Å². The number of hydrogen-bond donors (Lipinski definition) is 1. The molecule has 0 aromatic heterocycles. The molecule has 1 fully saturated rings. The Morgan fingerprint density at radius 1 is 1.59 bits per heavy atom. The van der Waals surface area contributed by atoms with Crippen molar-refractivity contribution in [2.45, 2.75) is 11.8 Å². The van der Waals surface area contributed by atoms with E-state index in [9.17, 15) is 9.18 Å². The average molecular weight is 302 g/mol. The van der Waals surface area contributed by atoms with Gasteiger partial charge in [-0.2, -0.15) is 0 Å². The molecule has 0 amide bonds. The van der Waals surface area contributed by atoms with Gasteiger partial charge in [0.15, 0.2) is 0 Å². The van der Waals surface area contributed by atoms with E-state index in [1.807, 2.05) is 0 Å². The number of carbonyl (C=O) groups excluding carboxylic acids is 1. The minimum atomic E-state index is -0.690. The lowest BCUT2D eigenvalue weighted by molar-refractivity contribution is -0.146. The van der Waals surface area contributed by atoms with Gasteiger partial charge in [0.05, 0.1) is 11.6 Å². The molecule has 1 aliphatic heterocycles. The molecule has 2 rings (SSSR count). The standard InChI is InChI=1S/C12H13BrFNO2/c1-17-11(16)12(4-5-15-7-12)8-2-3-10(14)9(13)6-8/h2-3,6,15H,4-5,7H2,1H3. The zero-order chi connectivity index (χ0) is 12.5. The summed E-state index contributed by atoms with van der Waals surface area (Å²) >= 11 is 3.14. The van der Waals surface area contributed by atoms with Crippen molar-refractivity contribution >= 4 is 21.9 Å². The Kier molecular flexibility index (Phi) is 3.49. The van der Waals surface area contributed by atoms with E-state index in [-0.39, 0.29) is 11.8 Å². The summed E-state index contributed by atoms with van der Waals surface area (Å²) in [4.78, 5) is 12.0. The Hall–Kier alpha value is -0.940. The maximum absolute atomic E-state index is 13.2. The van der Waals surface area contributed by atoms with Gasteiger partial charge in [0.1, 0.15) is 11.2 Å². The maximum atomic E-state index is 13.2. The molecular formula is C12H13BrFNO2. The molecule has 0 radical (unpaired) electrons. The van der Waals surface area contributed by atoms with Gasteiger partial charge >= 0.3 is 5.97 Å². The Morgan fingerprint density at radius 2 is 2.35 bits per heavy atom. The van der Waals surface area contributed by atoms with Crippen LogP contribution in [0.4, 0.5) is 4.39 Å². The Balaban J connectivity index is 2.46. The number of nitrogens with one attached hydrogen (secondary N) is 1. The highest BCUT2D eigenvalue weighted by atomic mass is 79.9. The fourth-order valence-corrected chi connectivity index (χ4v) is 2.60. The van der Waals surface area contributed by atoms with E-state index in [4.69, 9.17) is 4.74 Å². The van der Waals surface area contributed by atoms with Crippen molar-refractivity contribution in [3.8, 4) is 0 Å². The molecule has 0 aliphatic carbocycles. The predicted molar refractivity (Wildman–Crippen MR) is 65.3 cm³/mol. The second-order valence-corrected chi connectivity index (χ2v) is 4.98. The van der Waals surface area contributed by atoms with Gasteiger partial charge in [-0.05, 0) is 46.6 Å². The molecule has 3 nitrogen and oxygen atoms in total. The van der Waals surface area contributed by atoms with Crippen molar-refractivity contribution in [1.82, 2.24) is 5.32 Å². The number of esters is 1. The molecule has 92 valence electrons. The van der Waals surface area contributed by atoms with Crippen LogP contribution in [0.3, 0.4) is 0 Å². The molecule has 1 aromatic rings. The highest BCUT2D eigenvalue weighted by Gasteiger charge is 2.44. The highest BCUT2D eigenvalue weighted by Crippen LogP contribution is 2.34. The van der Waals surface area contributed by atoms with Crippen LogP contribution in [0.5, 0.6) is 0 Å². The SMILES string of the molecule is COC(=O)C1(c2ccc(F)c(Br)c2)CCNC1. The van der Waals surface area contributed by atoms with Gasteiger partial charge in [-0.1, -0.05) is 6.07 Å². The number of carbonyl (C=O) groups is 1. The summed E-state index contributed by atoms with van der Waals surface area (Å²) in [6.45, 7) is 1.28. The third kappa shape index (κ3) is 2.09. The first-order chi connectivity index (χ1) is 8.10. The second-order valence-electron chi connectivity index (χ2n) is 4.13. The number of methoxy groups -OCH3 is 1. The first kappa shape index (κ1) is 12.5. The molecule has 1 atom stereocenters. The summed E-state index contributed by atoms with van der Waals surface area (Å²) in [7, 11) is 1.38.